The number of fused-ring (bicyclic) bond motifs is 1. The Morgan fingerprint density at radius 2 is 2.06 bits per heavy atom. The molecule has 0 aliphatic carbocycles. The molecule has 106 valence electrons. The van der Waals surface area contributed by atoms with Gasteiger partial charge in [0.2, 0.25) is 0 Å². The Hall–Kier alpha value is -0.120. The van der Waals surface area contributed by atoms with Crippen LogP contribution >= 0.6 is 0 Å². The Labute approximate surface area is 112 Å². The van der Waals surface area contributed by atoms with E-state index in [1.165, 1.54) is 51.9 Å². The van der Waals surface area contributed by atoms with Gasteiger partial charge in [-0.3, -0.25) is 9.80 Å². The van der Waals surface area contributed by atoms with Crippen LogP contribution in [0.4, 0.5) is 0 Å². The van der Waals surface area contributed by atoms with E-state index in [1.54, 1.807) is 7.11 Å². The van der Waals surface area contributed by atoms with Crippen LogP contribution in [-0.2, 0) is 4.74 Å². The molecule has 0 spiro atoms. The smallest absolute Gasteiger partial charge is 0.0462 e. The van der Waals surface area contributed by atoms with E-state index < -0.39 is 0 Å². The average molecular weight is 254 g/mol. The number of hydrogen-bond donors (Lipinski definition) is 0. The van der Waals surface area contributed by atoms with Gasteiger partial charge in [-0.05, 0) is 44.7 Å². The van der Waals surface area contributed by atoms with E-state index in [4.69, 9.17) is 4.74 Å². The van der Waals surface area contributed by atoms with E-state index in [0.29, 0.717) is 0 Å². The summed E-state index contributed by atoms with van der Waals surface area (Å²) in [5.74, 6) is 0.772. The fraction of sp³-hybridized carbons (Fsp3) is 1.00. The fourth-order valence-electron chi connectivity index (χ4n) is 3.55. The van der Waals surface area contributed by atoms with E-state index >= 15 is 0 Å². The molecule has 0 saturated carbocycles. The molecular weight excluding hydrogens is 224 g/mol. The molecule has 2 rings (SSSR count). The first-order valence-corrected chi connectivity index (χ1v) is 7.69. The van der Waals surface area contributed by atoms with E-state index in [-0.39, 0.29) is 0 Å². The average Bonchev–Trinajstić information content (AvgIpc) is 2.80. The van der Waals surface area contributed by atoms with Gasteiger partial charge in [0, 0.05) is 38.9 Å². The highest BCUT2D eigenvalue weighted by Gasteiger charge is 2.36. The van der Waals surface area contributed by atoms with Gasteiger partial charge in [-0.25, -0.2) is 0 Å². The highest BCUT2D eigenvalue weighted by molar-refractivity contribution is 4.93. The number of methoxy groups -OCH3 is 1. The van der Waals surface area contributed by atoms with Gasteiger partial charge in [0.15, 0.2) is 0 Å². The molecule has 0 radical (unpaired) electrons. The van der Waals surface area contributed by atoms with E-state index in [1.807, 2.05) is 0 Å². The van der Waals surface area contributed by atoms with Crippen molar-refractivity contribution in [1.82, 2.24) is 9.80 Å². The topological polar surface area (TPSA) is 15.7 Å². The number of rotatable bonds is 6. The molecule has 0 aromatic carbocycles. The summed E-state index contributed by atoms with van der Waals surface area (Å²) < 4.78 is 5.15. The van der Waals surface area contributed by atoms with E-state index in [0.717, 1.165) is 24.6 Å². The van der Waals surface area contributed by atoms with Gasteiger partial charge in [0.1, 0.15) is 0 Å². The predicted molar refractivity (Wildman–Crippen MR) is 75.9 cm³/mol. The molecule has 2 fully saturated rings. The molecule has 2 aliphatic heterocycles. The summed E-state index contributed by atoms with van der Waals surface area (Å²) in [6.45, 7) is 10.9. The van der Waals surface area contributed by atoms with Crippen molar-refractivity contribution < 1.29 is 4.74 Å². The molecule has 2 heterocycles. The summed E-state index contributed by atoms with van der Waals surface area (Å²) >= 11 is 0. The number of unbranched alkanes of at least 4 members (excludes halogenated alkanes) is 1. The van der Waals surface area contributed by atoms with Crippen LogP contribution in [0.3, 0.4) is 0 Å². The lowest BCUT2D eigenvalue weighted by molar-refractivity contribution is 0.0272. The monoisotopic (exact) mass is 254 g/mol. The van der Waals surface area contributed by atoms with Crippen LogP contribution in [0.25, 0.3) is 0 Å². The van der Waals surface area contributed by atoms with E-state index in [9.17, 15) is 0 Å². The third kappa shape index (κ3) is 3.46. The number of hydrogen-bond acceptors (Lipinski definition) is 3. The maximum atomic E-state index is 5.15. The minimum absolute atomic E-state index is 0.766. The van der Waals surface area contributed by atoms with Crippen LogP contribution in [0.2, 0.25) is 0 Å². The van der Waals surface area contributed by atoms with Gasteiger partial charge in [-0.2, -0.15) is 0 Å². The summed E-state index contributed by atoms with van der Waals surface area (Å²) in [5.41, 5.74) is 0. The molecule has 0 N–H and O–H groups in total. The fourth-order valence-corrected chi connectivity index (χ4v) is 3.55. The predicted octanol–water partition coefficient (Wildman–Crippen LogP) is 2.22. The first-order chi connectivity index (χ1) is 8.72. The highest BCUT2D eigenvalue weighted by Crippen LogP contribution is 2.27. The van der Waals surface area contributed by atoms with Gasteiger partial charge < -0.3 is 4.74 Å². The molecule has 18 heavy (non-hydrogen) atoms. The van der Waals surface area contributed by atoms with Crippen LogP contribution in [0.1, 0.15) is 39.5 Å². The molecule has 2 aliphatic rings. The van der Waals surface area contributed by atoms with Gasteiger partial charge in [0.05, 0.1) is 0 Å². The molecule has 2 atom stereocenters. The van der Waals surface area contributed by atoms with Crippen molar-refractivity contribution in [3.63, 3.8) is 0 Å². The van der Waals surface area contributed by atoms with Crippen LogP contribution in [0.15, 0.2) is 0 Å². The highest BCUT2D eigenvalue weighted by atomic mass is 16.5. The second kappa shape index (κ2) is 6.88. The van der Waals surface area contributed by atoms with Crippen LogP contribution in [0, 0.1) is 5.92 Å². The summed E-state index contributed by atoms with van der Waals surface area (Å²) in [6, 6.07) is 1.62. The molecule has 2 unspecified atom stereocenters. The molecule has 0 amide bonds. The second-order valence-electron chi connectivity index (χ2n) is 6.30. The van der Waals surface area contributed by atoms with Gasteiger partial charge in [-0.15, -0.1) is 0 Å². The van der Waals surface area contributed by atoms with Crippen molar-refractivity contribution in [2.24, 2.45) is 5.92 Å². The number of nitrogens with zero attached hydrogens (tertiary/aromatic N) is 2. The lowest BCUT2D eigenvalue weighted by Crippen LogP contribution is -2.57. The van der Waals surface area contributed by atoms with Gasteiger partial charge in [0.25, 0.3) is 0 Å². The maximum Gasteiger partial charge on any atom is 0.0462 e. The standard InChI is InChI=1S/C15H30N2O/c1-13(2)15-12-16-9-6-7-14(16)11-17(15)8-4-5-10-18-3/h13-15H,4-12H2,1-3H3. The molecule has 3 heteroatoms. The van der Waals surface area contributed by atoms with Crippen LogP contribution in [0.5, 0.6) is 0 Å². The van der Waals surface area contributed by atoms with Crippen molar-refractivity contribution >= 4 is 0 Å². The van der Waals surface area contributed by atoms with Crippen molar-refractivity contribution in [2.75, 3.05) is 39.9 Å². The van der Waals surface area contributed by atoms with E-state index in [2.05, 4.69) is 23.6 Å². The molecule has 3 nitrogen and oxygen atoms in total. The van der Waals surface area contributed by atoms with Gasteiger partial charge >= 0.3 is 0 Å². The summed E-state index contributed by atoms with van der Waals surface area (Å²) in [6.07, 6.45) is 5.31. The summed E-state index contributed by atoms with van der Waals surface area (Å²) in [7, 11) is 1.80. The Morgan fingerprint density at radius 1 is 1.22 bits per heavy atom. The zero-order chi connectivity index (χ0) is 13.0. The number of ether oxygens (including phenoxy) is 1. The molecular formula is C15H30N2O. The SMILES string of the molecule is COCCCCN1CC2CCCN2CC1C(C)C. The van der Waals surface area contributed by atoms with Gasteiger partial charge in [-0.1, -0.05) is 13.8 Å². The van der Waals surface area contributed by atoms with Crippen molar-refractivity contribution in [3.8, 4) is 0 Å². The van der Waals surface area contributed by atoms with Crippen LogP contribution < -0.4 is 0 Å². The lowest BCUT2D eigenvalue weighted by atomic mass is 9.97. The second-order valence-corrected chi connectivity index (χ2v) is 6.30. The molecule has 0 aromatic rings. The summed E-state index contributed by atoms with van der Waals surface area (Å²) in [4.78, 5) is 5.49. The summed E-state index contributed by atoms with van der Waals surface area (Å²) in [5, 5.41) is 0. The zero-order valence-electron chi connectivity index (χ0n) is 12.4. The first kappa shape index (κ1) is 14.3. The Bertz CT molecular complexity index is 245. The maximum absolute atomic E-state index is 5.15. The van der Waals surface area contributed by atoms with Crippen molar-refractivity contribution in [3.05, 3.63) is 0 Å². The lowest BCUT2D eigenvalue weighted by Gasteiger charge is -2.45. The van der Waals surface area contributed by atoms with Crippen molar-refractivity contribution in [2.45, 2.75) is 51.6 Å². The third-order valence-electron chi connectivity index (χ3n) is 4.65. The minimum atomic E-state index is 0.766. The Balaban J connectivity index is 1.84. The van der Waals surface area contributed by atoms with Crippen molar-refractivity contribution in [1.29, 1.82) is 0 Å². The van der Waals surface area contributed by atoms with Crippen LogP contribution in [-0.4, -0.2) is 61.8 Å². The molecule has 0 aromatic heterocycles. The zero-order valence-corrected chi connectivity index (χ0v) is 12.4. The Morgan fingerprint density at radius 3 is 2.78 bits per heavy atom. The largest absolute Gasteiger partial charge is 0.385 e. The molecule has 2 saturated heterocycles. The normalized spacial score (nSPS) is 30.0. The third-order valence-corrected chi connectivity index (χ3v) is 4.65. The molecule has 0 bridgehead atoms. The quantitative estimate of drug-likeness (QED) is 0.676. The Kier molecular flexibility index (Phi) is 5.46. The number of piperazine rings is 1. The first-order valence-electron chi connectivity index (χ1n) is 7.69. The minimum Gasteiger partial charge on any atom is -0.385 e.